The number of hydrogen-bond donors (Lipinski definition) is 1. The smallest absolute Gasteiger partial charge is 0.387 e. The standard InChI is InChI=1S/C16H17ClF2N2O3S/c1-21(9-11-4-6-14(17)25-11)16(22)20-8-10-3-5-12(23-2)13(7-10)24-15(18)19/h3-7,15H,8-9H2,1-2H3,(H,20,22). The summed E-state index contributed by atoms with van der Waals surface area (Å²) in [6.45, 7) is -2.37. The molecule has 0 saturated carbocycles. The van der Waals surface area contributed by atoms with E-state index in [4.69, 9.17) is 16.3 Å². The molecule has 1 N–H and O–H groups in total. The molecule has 0 radical (unpaired) electrons. The average molecular weight is 391 g/mol. The van der Waals surface area contributed by atoms with Gasteiger partial charge >= 0.3 is 12.6 Å². The third-order valence-electron chi connectivity index (χ3n) is 3.26. The third kappa shape index (κ3) is 5.75. The van der Waals surface area contributed by atoms with Crippen LogP contribution >= 0.6 is 22.9 Å². The van der Waals surface area contributed by atoms with Crippen molar-refractivity contribution in [2.45, 2.75) is 19.7 Å². The zero-order valence-corrected chi connectivity index (χ0v) is 15.2. The average Bonchev–Trinajstić information content (AvgIpc) is 2.97. The number of carbonyl (C=O) groups excluding carboxylic acids is 1. The summed E-state index contributed by atoms with van der Waals surface area (Å²) in [6.07, 6.45) is 0. The molecule has 0 fully saturated rings. The highest BCUT2D eigenvalue weighted by Gasteiger charge is 2.13. The zero-order valence-electron chi connectivity index (χ0n) is 13.6. The van der Waals surface area contributed by atoms with Gasteiger partial charge in [-0.25, -0.2) is 4.79 Å². The van der Waals surface area contributed by atoms with E-state index < -0.39 is 6.61 Å². The highest BCUT2D eigenvalue weighted by Crippen LogP contribution is 2.29. The van der Waals surface area contributed by atoms with Crippen LogP contribution in [0.4, 0.5) is 13.6 Å². The molecule has 0 aliphatic heterocycles. The van der Waals surface area contributed by atoms with Crippen LogP contribution < -0.4 is 14.8 Å². The molecule has 136 valence electrons. The number of urea groups is 1. The first-order valence-corrected chi connectivity index (χ1v) is 8.43. The number of nitrogens with one attached hydrogen (secondary N) is 1. The molecule has 9 heteroatoms. The van der Waals surface area contributed by atoms with Crippen LogP contribution in [-0.4, -0.2) is 31.7 Å². The molecule has 2 aromatic rings. The lowest BCUT2D eigenvalue weighted by Crippen LogP contribution is -2.36. The summed E-state index contributed by atoms with van der Waals surface area (Å²) in [5, 5.41) is 2.72. The molecule has 0 aliphatic carbocycles. The molecule has 5 nitrogen and oxygen atoms in total. The first-order valence-electron chi connectivity index (χ1n) is 7.24. The first kappa shape index (κ1) is 19.3. The molecule has 0 spiro atoms. The van der Waals surface area contributed by atoms with Crippen molar-refractivity contribution in [1.29, 1.82) is 0 Å². The van der Waals surface area contributed by atoms with Crippen LogP contribution in [0.1, 0.15) is 10.4 Å². The Morgan fingerprint density at radius 1 is 1.32 bits per heavy atom. The molecule has 0 unspecified atom stereocenters. The van der Waals surface area contributed by atoms with Crippen LogP contribution in [0.3, 0.4) is 0 Å². The summed E-state index contributed by atoms with van der Waals surface area (Å²) in [5.41, 5.74) is 0.609. The summed E-state index contributed by atoms with van der Waals surface area (Å²) >= 11 is 7.27. The maximum atomic E-state index is 12.4. The van der Waals surface area contributed by atoms with E-state index in [0.717, 1.165) is 4.88 Å². The van der Waals surface area contributed by atoms with Crippen LogP contribution in [0.2, 0.25) is 4.34 Å². The summed E-state index contributed by atoms with van der Waals surface area (Å²) in [6, 6.07) is 7.91. The van der Waals surface area contributed by atoms with Gasteiger partial charge in [0.25, 0.3) is 0 Å². The summed E-state index contributed by atoms with van der Waals surface area (Å²) < 4.78 is 34.9. The number of amides is 2. The van der Waals surface area contributed by atoms with E-state index in [1.807, 2.05) is 6.07 Å². The van der Waals surface area contributed by atoms with Gasteiger partial charge in [0.15, 0.2) is 11.5 Å². The van der Waals surface area contributed by atoms with E-state index >= 15 is 0 Å². The molecule has 2 amide bonds. The Bertz CT molecular complexity index is 727. The Balaban J connectivity index is 1.94. The van der Waals surface area contributed by atoms with Crippen LogP contribution in [0.25, 0.3) is 0 Å². The number of ether oxygens (including phenoxy) is 2. The molecule has 2 rings (SSSR count). The van der Waals surface area contributed by atoms with Crippen molar-refractivity contribution in [1.82, 2.24) is 10.2 Å². The number of rotatable bonds is 7. The Morgan fingerprint density at radius 3 is 2.68 bits per heavy atom. The lowest BCUT2D eigenvalue weighted by molar-refractivity contribution is -0.0512. The minimum atomic E-state index is -2.96. The predicted molar refractivity (Wildman–Crippen MR) is 92.7 cm³/mol. The molecular weight excluding hydrogens is 374 g/mol. The van der Waals surface area contributed by atoms with Gasteiger partial charge < -0.3 is 19.7 Å². The van der Waals surface area contributed by atoms with Crippen molar-refractivity contribution >= 4 is 29.0 Å². The Kier molecular flexibility index (Phi) is 6.83. The van der Waals surface area contributed by atoms with E-state index in [0.29, 0.717) is 16.4 Å². The molecular formula is C16H17ClF2N2O3S. The lowest BCUT2D eigenvalue weighted by Gasteiger charge is -2.17. The van der Waals surface area contributed by atoms with E-state index in [9.17, 15) is 13.6 Å². The van der Waals surface area contributed by atoms with Crippen LogP contribution in [-0.2, 0) is 13.1 Å². The van der Waals surface area contributed by atoms with Gasteiger partial charge in [0.05, 0.1) is 18.0 Å². The van der Waals surface area contributed by atoms with Gasteiger partial charge in [0.1, 0.15) is 0 Å². The second kappa shape index (κ2) is 8.87. The first-order chi connectivity index (χ1) is 11.9. The van der Waals surface area contributed by atoms with Gasteiger partial charge in [-0.15, -0.1) is 11.3 Å². The van der Waals surface area contributed by atoms with Crippen molar-refractivity contribution in [2.24, 2.45) is 0 Å². The Labute approximate surface area is 153 Å². The molecule has 1 aromatic carbocycles. The van der Waals surface area contributed by atoms with Gasteiger partial charge in [-0.1, -0.05) is 17.7 Å². The largest absolute Gasteiger partial charge is 0.493 e. The number of nitrogens with zero attached hydrogens (tertiary/aromatic N) is 1. The van der Waals surface area contributed by atoms with Crippen LogP contribution in [0, 0.1) is 0 Å². The fourth-order valence-electron chi connectivity index (χ4n) is 2.07. The number of halogens is 3. The third-order valence-corrected chi connectivity index (χ3v) is 4.47. The number of carbonyl (C=O) groups is 1. The monoisotopic (exact) mass is 390 g/mol. The maximum Gasteiger partial charge on any atom is 0.387 e. The van der Waals surface area contributed by atoms with E-state index in [-0.39, 0.29) is 24.1 Å². The van der Waals surface area contributed by atoms with Gasteiger partial charge in [-0.05, 0) is 29.8 Å². The number of thiophene rings is 1. The quantitative estimate of drug-likeness (QED) is 0.764. The van der Waals surface area contributed by atoms with Gasteiger partial charge in [0, 0.05) is 18.5 Å². The summed E-state index contributed by atoms with van der Waals surface area (Å²) in [7, 11) is 3.02. The van der Waals surface area contributed by atoms with E-state index in [1.165, 1.54) is 35.5 Å². The topological polar surface area (TPSA) is 50.8 Å². The maximum absolute atomic E-state index is 12.4. The second-order valence-electron chi connectivity index (χ2n) is 5.08. The minimum absolute atomic E-state index is 0.0779. The van der Waals surface area contributed by atoms with Gasteiger partial charge in [-0.2, -0.15) is 8.78 Å². The molecule has 1 heterocycles. The molecule has 0 atom stereocenters. The number of hydrogen-bond acceptors (Lipinski definition) is 4. The normalized spacial score (nSPS) is 10.6. The Morgan fingerprint density at radius 2 is 2.08 bits per heavy atom. The second-order valence-corrected chi connectivity index (χ2v) is 6.88. The minimum Gasteiger partial charge on any atom is -0.493 e. The van der Waals surface area contributed by atoms with Crippen molar-refractivity contribution in [3.63, 3.8) is 0 Å². The highest BCUT2D eigenvalue weighted by atomic mass is 35.5. The van der Waals surface area contributed by atoms with Crippen molar-refractivity contribution in [2.75, 3.05) is 14.2 Å². The fourth-order valence-corrected chi connectivity index (χ4v) is 3.22. The number of benzene rings is 1. The molecule has 1 aromatic heterocycles. The Hall–Kier alpha value is -2.06. The van der Waals surface area contributed by atoms with Crippen LogP contribution in [0.15, 0.2) is 30.3 Å². The fraction of sp³-hybridized carbons (Fsp3) is 0.312. The SMILES string of the molecule is COc1ccc(CNC(=O)N(C)Cc2ccc(Cl)s2)cc1OC(F)F. The molecule has 0 bridgehead atoms. The van der Waals surface area contributed by atoms with Crippen LogP contribution in [0.5, 0.6) is 11.5 Å². The van der Waals surface area contributed by atoms with Gasteiger partial charge in [0.2, 0.25) is 0 Å². The van der Waals surface area contributed by atoms with Gasteiger partial charge in [-0.3, -0.25) is 0 Å². The molecule has 0 saturated heterocycles. The zero-order chi connectivity index (χ0) is 18.4. The van der Waals surface area contributed by atoms with Crippen molar-refractivity contribution in [3.8, 4) is 11.5 Å². The molecule has 25 heavy (non-hydrogen) atoms. The van der Waals surface area contributed by atoms with Crippen molar-refractivity contribution in [3.05, 3.63) is 45.1 Å². The predicted octanol–water partition coefficient (Wildman–Crippen LogP) is 4.35. The van der Waals surface area contributed by atoms with E-state index in [2.05, 4.69) is 10.1 Å². The lowest BCUT2D eigenvalue weighted by atomic mass is 10.2. The molecule has 0 aliphatic rings. The van der Waals surface area contributed by atoms with E-state index in [1.54, 1.807) is 19.2 Å². The summed E-state index contributed by atoms with van der Waals surface area (Å²) in [5.74, 6) is 0.118. The number of alkyl halides is 2. The number of methoxy groups -OCH3 is 1. The summed E-state index contributed by atoms with van der Waals surface area (Å²) in [4.78, 5) is 14.6. The van der Waals surface area contributed by atoms with Crippen molar-refractivity contribution < 1.29 is 23.0 Å². The highest BCUT2D eigenvalue weighted by molar-refractivity contribution is 7.16.